The van der Waals surface area contributed by atoms with Gasteiger partial charge in [0.15, 0.2) is 5.11 Å². The van der Waals surface area contributed by atoms with Crippen molar-refractivity contribution in [1.29, 1.82) is 0 Å². The number of thiocarbonyl (C=S) groups is 1. The molecule has 0 spiro atoms. The smallest absolute Gasteiger partial charge is 0.173 e. The topological polar surface area (TPSA) is 53.8 Å². The molecular weight excluding hydrogens is 360 g/mol. The third kappa shape index (κ3) is 4.99. The Balaban J connectivity index is 1.58. The maximum absolute atomic E-state index is 5.68. The summed E-state index contributed by atoms with van der Waals surface area (Å²) in [6, 6.07) is 7.92. The first kappa shape index (κ1) is 19.6. The highest BCUT2D eigenvalue weighted by molar-refractivity contribution is 7.80. The van der Waals surface area contributed by atoms with E-state index < -0.39 is 0 Å². The number of hydrogen-bond acceptors (Lipinski definition) is 5. The Hall–Kier alpha value is -2.12. The molecule has 1 aromatic heterocycles. The van der Waals surface area contributed by atoms with E-state index in [1.807, 2.05) is 45.0 Å². The number of ether oxygens (including phenoxy) is 1. The van der Waals surface area contributed by atoms with E-state index in [1.54, 1.807) is 0 Å². The number of aromatic nitrogens is 1. The Morgan fingerprint density at radius 2 is 2.04 bits per heavy atom. The summed E-state index contributed by atoms with van der Waals surface area (Å²) in [5, 5.41) is 8.18. The van der Waals surface area contributed by atoms with Gasteiger partial charge in [0, 0.05) is 38.3 Å². The maximum Gasteiger partial charge on any atom is 0.173 e. The van der Waals surface area contributed by atoms with Crippen molar-refractivity contribution >= 4 is 23.0 Å². The Bertz CT molecular complexity index is 758. The van der Waals surface area contributed by atoms with Crippen LogP contribution in [0.5, 0.6) is 5.75 Å². The van der Waals surface area contributed by atoms with Gasteiger partial charge in [0.25, 0.3) is 0 Å². The van der Waals surface area contributed by atoms with Gasteiger partial charge in [-0.3, -0.25) is 4.90 Å². The first-order chi connectivity index (χ1) is 13.1. The summed E-state index contributed by atoms with van der Waals surface area (Å²) in [6.07, 6.45) is 1.07. The number of benzene rings is 1. The molecule has 1 aromatic carbocycles. The van der Waals surface area contributed by atoms with Gasteiger partial charge in [0.2, 0.25) is 0 Å². The minimum Gasteiger partial charge on any atom is -0.492 e. The fourth-order valence-corrected chi connectivity index (χ4v) is 3.62. The molecule has 27 heavy (non-hydrogen) atoms. The van der Waals surface area contributed by atoms with Crippen LogP contribution in [0.15, 0.2) is 28.8 Å². The quantitative estimate of drug-likeness (QED) is 0.786. The van der Waals surface area contributed by atoms with Crippen LogP contribution in [-0.4, -0.2) is 52.9 Å². The van der Waals surface area contributed by atoms with Crippen molar-refractivity contribution in [3.63, 3.8) is 0 Å². The van der Waals surface area contributed by atoms with Gasteiger partial charge in [-0.2, -0.15) is 0 Å². The van der Waals surface area contributed by atoms with Crippen LogP contribution in [0.25, 0.3) is 0 Å². The van der Waals surface area contributed by atoms with Gasteiger partial charge >= 0.3 is 0 Å². The SMILES string of the molecule is CCOc1ccccc1NC(=S)N1CCCN(Cc2c(C)noc2C)CC1. The molecule has 0 bridgehead atoms. The Kier molecular flexibility index (Phi) is 6.68. The molecule has 1 N–H and O–H groups in total. The lowest BCUT2D eigenvalue weighted by atomic mass is 10.2. The van der Waals surface area contributed by atoms with Gasteiger partial charge in [-0.15, -0.1) is 0 Å². The third-order valence-electron chi connectivity index (χ3n) is 4.87. The van der Waals surface area contributed by atoms with Crippen LogP contribution in [0.4, 0.5) is 5.69 Å². The summed E-state index contributed by atoms with van der Waals surface area (Å²) in [5.41, 5.74) is 3.11. The number of nitrogens with one attached hydrogen (secondary N) is 1. The molecule has 1 fully saturated rings. The van der Waals surface area contributed by atoms with Crippen LogP contribution in [0.1, 0.15) is 30.4 Å². The molecule has 0 radical (unpaired) electrons. The van der Waals surface area contributed by atoms with Crippen LogP contribution in [0.2, 0.25) is 0 Å². The molecule has 0 atom stereocenters. The fraction of sp³-hybridized carbons (Fsp3) is 0.500. The number of para-hydroxylation sites is 2. The molecule has 7 heteroatoms. The summed E-state index contributed by atoms with van der Waals surface area (Å²) in [5.74, 6) is 1.75. The molecule has 1 aliphatic rings. The highest BCUT2D eigenvalue weighted by Gasteiger charge is 2.20. The zero-order valence-corrected chi connectivity index (χ0v) is 17.1. The van der Waals surface area contributed by atoms with Gasteiger partial charge in [0.1, 0.15) is 11.5 Å². The van der Waals surface area contributed by atoms with E-state index >= 15 is 0 Å². The Labute approximate surface area is 166 Å². The average Bonchev–Trinajstić information content (AvgIpc) is 2.86. The van der Waals surface area contributed by atoms with Crippen LogP contribution in [0.3, 0.4) is 0 Å². The Morgan fingerprint density at radius 1 is 1.22 bits per heavy atom. The van der Waals surface area contributed by atoms with E-state index in [-0.39, 0.29) is 0 Å². The molecule has 0 saturated carbocycles. The normalized spacial score (nSPS) is 15.4. The van der Waals surface area contributed by atoms with Crippen molar-refractivity contribution in [2.24, 2.45) is 0 Å². The molecule has 0 unspecified atom stereocenters. The molecule has 2 heterocycles. The number of nitrogens with zero attached hydrogens (tertiary/aromatic N) is 3. The molecule has 1 saturated heterocycles. The average molecular weight is 389 g/mol. The van der Waals surface area contributed by atoms with Crippen molar-refractivity contribution in [3.05, 3.63) is 41.3 Å². The molecular formula is C20H28N4O2S. The van der Waals surface area contributed by atoms with E-state index in [9.17, 15) is 0 Å². The third-order valence-corrected chi connectivity index (χ3v) is 5.23. The predicted molar refractivity (Wildman–Crippen MR) is 111 cm³/mol. The molecule has 0 amide bonds. The highest BCUT2D eigenvalue weighted by Crippen LogP contribution is 2.24. The number of anilines is 1. The first-order valence-corrected chi connectivity index (χ1v) is 9.91. The van der Waals surface area contributed by atoms with Crippen LogP contribution in [-0.2, 0) is 6.54 Å². The standard InChI is InChI=1S/C20H28N4O2S/c1-4-25-19-9-6-5-8-18(19)21-20(27)24-11-7-10-23(12-13-24)14-17-15(2)22-26-16(17)3/h5-6,8-9H,4,7,10-14H2,1-3H3,(H,21,27). The number of rotatable bonds is 5. The lowest BCUT2D eigenvalue weighted by molar-refractivity contribution is 0.275. The van der Waals surface area contributed by atoms with Gasteiger partial charge in [-0.25, -0.2) is 0 Å². The van der Waals surface area contributed by atoms with E-state index in [0.29, 0.717) is 6.61 Å². The number of hydrogen-bond donors (Lipinski definition) is 1. The zero-order chi connectivity index (χ0) is 19.2. The molecule has 6 nitrogen and oxygen atoms in total. The lowest BCUT2D eigenvalue weighted by Crippen LogP contribution is -2.37. The second-order valence-electron chi connectivity index (χ2n) is 6.78. The predicted octanol–water partition coefficient (Wildman–Crippen LogP) is 3.59. The van der Waals surface area contributed by atoms with Crippen molar-refractivity contribution in [3.8, 4) is 5.75 Å². The van der Waals surface area contributed by atoms with Gasteiger partial charge in [0.05, 0.1) is 18.0 Å². The number of aryl methyl sites for hydroxylation is 2. The van der Waals surface area contributed by atoms with Gasteiger partial charge in [-0.05, 0) is 51.5 Å². The zero-order valence-electron chi connectivity index (χ0n) is 16.3. The Morgan fingerprint density at radius 3 is 2.78 bits per heavy atom. The van der Waals surface area contributed by atoms with Crippen LogP contribution >= 0.6 is 12.2 Å². The van der Waals surface area contributed by atoms with Crippen LogP contribution < -0.4 is 10.1 Å². The summed E-state index contributed by atoms with van der Waals surface area (Å²) in [6.45, 7) is 11.3. The second kappa shape index (κ2) is 9.19. The summed E-state index contributed by atoms with van der Waals surface area (Å²) in [4.78, 5) is 4.69. The molecule has 2 aromatic rings. The summed E-state index contributed by atoms with van der Waals surface area (Å²) < 4.78 is 11.0. The van der Waals surface area contributed by atoms with Crippen molar-refractivity contribution < 1.29 is 9.26 Å². The van der Waals surface area contributed by atoms with E-state index in [0.717, 1.165) is 67.1 Å². The largest absolute Gasteiger partial charge is 0.492 e. The lowest BCUT2D eigenvalue weighted by Gasteiger charge is -2.25. The minimum absolute atomic E-state index is 0.631. The summed E-state index contributed by atoms with van der Waals surface area (Å²) in [7, 11) is 0. The van der Waals surface area contributed by atoms with E-state index in [4.69, 9.17) is 21.5 Å². The summed E-state index contributed by atoms with van der Waals surface area (Å²) >= 11 is 5.67. The van der Waals surface area contributed by atoms with Crippen LogP contribution in [0, 0.1) is 13.8 Å². The monoisotopic (exact) mass is 388 g/mol. The van der Waals surface area contributed by atoms with Gasteiger partial charge < -0.3 is 19.5 Å². The van der Waals surface area contributed by atoms with E-state index in [1.165, 1.54) is 5.56 Å². The fourth-order valence-electron chi connectivity index (χ4n) is 3.33. The molecule has 0 aliphatic carbocycles. The van der Waals surface area contributed by atoms with Crippen molar-refractivity contribution in [2.45, 2.75) is 33.7 Å². The first-order valence-electron chi connectivity index (χ1n) is 9.50. The molecule has 146 valence electrons. The highest BCUT2D eigenvalue weighted by atomic mass is 32.1. The van der Waals surface area contributed by atoms with Gasteiger partial charge in [-0.1, -0.05) is 17.3 Å². The minimum atomic E-state index is 0.631. The molecule has 1 aliphatic heterocycles. The second-order valence-corrected chi connectivity index (χ2v) is 7.17. The molecule has 3 rings (SSSR count). The van der Waals surface area contributed by atoms with Crippen molar-refractivity contribution in [2.75, 3.05) is 38.1 Å². The maximum atomic E-state index is 5.68. The van der Waals surface area contributed by atoms with Crippen molar-refractivity contribution in [1.82, 2.24) is 15.0 Å². The van der Waals surface area contributed by atoms with E-state index in [2.05, 4.69) is 20.3 Å².